The van der Waals surface area contributed by atoms with E-state index in [2.05, 4.69) is 25.3 Å². The summed E-state index contributed by atoms with van der Waals surface area (Å²) >= 11 is 0. The van der Waals surface area contributed by atoms with Gasteiger partial charge in [0.15, 0.2) is 5.82 Å². The Labute approximate surface area is 149 Å². The number of nitrogens with one attached hydrogen (secondary N) is 1. The molecule has 0 bridgehead atoms. The molecule has 0 atom stereocenters. The molecule has 1 amide bonds. The second-order valence-corrected chi connectivity index (χ2v) is 6.03. The Hall–Kier alpha value is -3.29. The lowest BCUT2D eigenvalue weighted by atomic mass is 10.1. The van der Waals surface area contributed by atoms with E-state index in [4.69, 9.17) is 0 Å². The number of halogens is 1. The van der Waals surface area contributed by atoms with E-state index in [0.717, 1.165) is 11.4 Å². The quantitative estimate of drug-likeness (QED) is 0.780. The standard InChI is InChI=1S/C18H17FN6O/c19-14-5-3-13(4-6-14)17-15(12-21-23-17)18(26)25-10-8-24(9-11-25)16-2-1-7-20-22-16/h1-7,12H,8-11H2,(H,21,23). The molecule has 1 aromatic carbocycles. The Balaban J connectivity index is 1.48. The molecule has 1 N–H and O–H groups in total. The van der Waals surface area contributed by atoms with Crippen LogP contribution in [0.2, 0.25) is 0 Å². The zero-order valence-corrected chi connectivity index (χ0v) is 14.0. The average Bonchev–Trinajstić information content (AvgIpc) is 3.19. The smallest absolute Gasteiger partial charge is 0.257 e. The van der Waals surface area contributed by atoms with Gasteiger partial charge in [-0.3, -0.25) is 9.89 Å². The number of carbonyl (C=O) groups excluding carboxylic acids is 1. The zero-order chi connectivity index (χ0) is 17.9. The summed E-state index contributed by atoms with van der Waals surface area (Å²) in [4.78, 5) is 16.8. The fraction of sp³-hybridized carbons (Fsp3) is 0.222. The van der Waals surface area contributed by atoms with E-state index in [-0.39, 0.29) is 11.7 Å². The van der Waals surface area contributed by atoms with E-state index in [1.165, 1.54) is 18.3 Å². The molecule has 2 aromatic heterocycles. The maximum Gasteiger partial charge on any atom is 0.257 e. The number of anilines is 1. The third-order valence-electron chi connectivity index (χ3n) is 4.45. The Kier molecular flexibility index (Phi) is 4.30. The predicted octanol–water partition coefficient (Wildman–Crippen LogP) is 1.97. The van der Waals surface area contributed by atoms with Crippen LogP contribution in [-0.2, 0) is 0 Å². The van der Waals surface area contributed by atoms with E-state index in [9.17, 15) is 9.18 Å². The van der Waals surface area contributed by atoms with Gasteiger partial charge in [-0.1, -0.05) is 0 Å². The zero-order valence-electron chi connectivity index (χ0n) is 14.0. The molecule has 0 radical (unpaired) electrons. The van der Waals surface area contributed by atoms with Crippen LogP contribution in [0.3, 0.4) is 0 Å². The highest BCUT2D eigenvalue weighted by molar-refractivity contribution is 5.99. The van der Waals surface area contributed by atoms with Gasteiger partial charge in [0.25, 0.3) is 5.91 Å². The molecule has 0 saturated carbocycles. The molecule has 1 saturated heterocycles. The maximum absolute atomic E-state index is 13.1. The number of benzene rings is 1. The number of aromatic amines is 1. The van der Waals surface area contributed by atoms with E-state index in [1.807, 2.05) is 12.1 Å². The number of H-pyrrole nitrogens is 1. The fourth-order valence-electron chi connectivity index (χ4n) is 3.06. The van der Waals surface area contributed by atoms with Crippen LogP contribution in [0.1, 0.15) is 10.4 Å². The highest BCUT2D eigenvalue weighted by atomic mass is 19.1. The van der Waals surface area contributed by atoms with E-state index < -0.39 is 0 Å². The number of nitrogens with zero attached hydrogens (tertiary/aromatic N) is 5. The van der Waals surface area contributed by atoms with Crippen molar-refractivity contribution in [2.45, 2.75) is 0 Å². The minimum Gasteiger partial charge on any atom is -0.352 e. The summed E-state index contributed by atoms with van der Waals surface area (Å²) < 4.78 is 13.1. The van der Waals surface area contributed by atoms with Crippen molar-refractivity contribution in [1.82, 2.24) is 25.3 Å². The Morgan fingerprint density at radius 3 is 2.54 bits per heavy atom. The SMILES string of the molecule is O=C(c1cn[nH]c1-c1ccc(F)cc1)N1CCN(c2cccnn2)CC1. The van der Waals surface area contributed by atoms with Gasteiger partial charge < -0.3 is 9.80 Å². The molecule has 26 heavy (non-hydrogen) atoms. The fourth-order valence-corrected chi connectivity index (χ4v) is 3.06. The van der Waals surface area contributed by atoms with E-state index >= 15 is 0 Å². The van der Waals surface area contributed by atoms with Crippen molar-refractivity contribution in [1.29, 1.82) is 0 Å². The summed E-state index contributed by atoms with van der Waals surface area (Å²) in [6.07, 6.45) is 3.16. The lowest BCUT2D eigenvalue weighted by Gasteiger charge is -2.35. The number of rotatable bonds is 3. The number of piperazine rings is 1. The van der Waals surface area contributed by atoms with Gasteiger partial charge in [0, 0.05) is 37.9 Å². The first kappa shape index (κ1) is 16.2. The van der Waals surface area contributed by atoms with Crippen LogP contribution >= 0.6 is 0 Å². The van der Waals surface area contributed by atoms with Gasteiger partial charge in [0.1, 0.15) is 5.82 Å². The van der Waals surface area contributed by atoms with Crippen molar-refractivity contribution >= 4 is 11.7 Å². The van der Waals surface area contributed by atoms with Gasteiger partial charge in [-0.05, 0) is 36.4 Å². The van der Waals surface area contributed by atoms with Crippen molar-refractivity contribution < 1.29 is 9.18 Å². The van der Waals surface area contributed by atoms with E-state index in [0.29, 0.717) is 37.4 Å². The Morgan fingerprint density at radius 2 is 1.85 bits per heavy atom. The molecule has 8 heteroatoms. The van der Waals surface area contributed by atoms with Gasteiger partial charge >= 0.3 is 0 Å². The largest absolute Gasteiger partial charge is 0.352 e. The second kappa shape index (κ2) is 6.91. The molecule has 0 spiro atoms. The van der Waals surface area contributed by atoms with Crippen LogP contribution in [0.25, 0.3) is 11.3 Å². The molecule has 132 valence electrons. The van der Waals surface area contributed by atoms with Crippen molar-refractivity contribution in [3.8, 4) is 11.3 Å². The Bertz CT molecular complexity index is 888. The van der Waals surface area contributed by atoms with Crippen LogP contribution in [-0.4, -0.2) is 57.4 Å². The second-order valence-electron chi connectivity index (χ2n) is 6.03. The predicted molar refractivity (Wildman–Crippen MR) is 94.1 cm³/mol. The van der Waals surface area contributed by atoms with Gasteiger partial charge in [0.2, 0.25) is 0 Å². The lowest BCUT2D eigenvalue weighted by molar-refractivity contribution is 0.0747. The van der Waals surface area contributed by atoms with Crippen LogP contribution in [0, 0.1) is 5.82 Å². The highest BCUT2D eigenvalue weighted by Gasteiger charge is 2.25. The van der Waals surface area contributed by atoms with Crippen molar-refractivity contribution in [2.75, 3.05) is 31.1 Å². The molecular formula is C18H17FN6O. The van der Waals surface area contributed by atoms with Gasteiger partial charge in [-0.25, -0.2) is 4.39 Å². The van der Waals surface area contributed by atoms with Gasteiger partial charge in [0.05, 0.1) is 17.5 Å². The van der Waals surface area contributed by atoms with Crippen LogP contribution in [0.15, 0.2) is 48.8 Å². The topological polar surface area (TPSA) is 78.0 Å². The van der Waals surface area contributed by atoms with Crippen molar-refractivity contribution in [2.24, 2.45) is 0 Å². The minimum absolute atomic E-state index is 0.0862. The summed E-state index contributed by atoms with van der Waals surface area (Å²) in [7, 11) is 0. The average molecular weight is 352 g/mol. The molecule has 3 aromatic rings. The molecule has 0 unspecified atom stereocenters. The van der Waals surface area contributed by atoms with E-state index in [1.54, 1.807) is 23.2 Å². The Morgan fingerprint density at radius 1 is 1.08 bits per heavy atom. The number of amides is 1. The molecular weight excluding hydrogens is 335 g/mol. The molecule has 0 aliphatic carbocycles. The number of carbonyl (C=O) groups is 1. The van der Waals surface area contributed by atoms with Gasteiger partial charge in [-0.2, -0.15) is 10.2 Å². The summed E-state index contributed by atoms with van der Waals surface area (Å²) in [6, 6.07) is 9.75. The molecule has 7 nitrogen and oxygen atoms in total. The summed E-state index contributed by atoms with van der Waals surface area (Å²) in [5.74, 6) is 0.410. The number of hydrogen-bond donors (Lipinski definition) is 1. The third-order valence-corrected chi connectivity index (χ3v) is 4.45. The normalized spacial score (nSPS) is 14.5. The molecule has 1 fully saturated rings. The van der Waals surface area contributed by atoms with Crippen LogP contribution < -0.4 is 4.90 Å². The van der Waals surface area contributed by atoms with Crippen molar-refractivity contribution in [3.63, 3.8) is 0 Å². The summed E-state index contributed by atoms with van der Waals surface area (Å²) in [6.45, 7) is 2.55. The van der Waals surface area contributed by atoms with Crippen molar-refractivity contribution in [3.05, 3.63) is 60.2 Å². The first-order valence-corrected chi connectivity index (χ1v) is 8.33. The number of hydrogen-bond acceptors (Lipinski definition) is 5. The highest BCUT2D eigenvalue weighted by Crippen LogP contribution is 2.23. The summed E-state index contributed by atoms with van der Waals surface area (Å²) in [5, 5.41) is 14.9. The molecule has 1 aliphatic rings. The lowest BCUT2D eigenvalue weighted by Crippen LogP contribution is -2.49. The molecule has 3 heterocycles. The van der Waals surface area contributed by atoms with Crippen LogP contribution in [0.4, 0.5) is 10.2 Å². The van der Waals surface area contributed by atoms with Gasteiger partial charge in [-0.15, -0.1) is 5.10 Å². The van der Waals surface area contributed by atoms with Crippen LogP contribution in [0.5, 0.6) is 0 Å². The minimum atomic E-state index is -0.318. The first-order chi connectivity index (χ1) is 12.7. The number of aromatic nitrogens is 4. The monoisotopic (exact) mass is 352 g/mol. The molecule has 1 aliphatic heterocycles. The first-order valence-electron chi connectivity index (χ1n) is 8.33. The maximum atomic E-state index is 13.1. The summed E-state index contributed by atoms with van der Waals surface area (Å²) in [5.41, 5.74) is 1.82. The molecule has 4 rings (SSSR count). The third kappa shape index (κ3) is 3.13.